The molecule has 0 heterocycles. The molecule has 8 nitrogen and oxygen atoms in total. The SMILES string of the molecule is O=C(CCC(=O)OCC(=O)c1ccc(-c2ccccc2)cc1)Nc1ccc([N+](=O)[O-])cc1. The van der Waals surface area contributed by atoms with Crippen LogP contribution in [-0.2, 0) is 14.3 Å². The number of non-ortho nitro benzene ring substituents is 1. The summed E-state index contributed by atoms with van der Waals surface area (Å²) >= 11 is 0. The van der Waals surface area contributed by atoms with Gasteiger partial charge in [0.05, 0.1) is 11.3 Å². The Hall–Kier alpha value is -4.33. The van der Waals surface area contributed by atoms with Gasteiger partial charge in [-0.3, -0.25) is 24.5 Å². The highest BCUT2D eigenvalue weighted by molar-refractivity contribution is 5.98. The molecule has 0 spiro atoms. The van der Waals surface area contributed by atoms with Crippen molar-refractivity contribution < 1.29 is 24.0 Å². The molecule has 0 radical (unpaired) electrons. The molecule has 162 valence electrons. The summed E-state index contributed by atoms with van der Waals surface area (Å²) in [7, 11) is 0. The Kier molecular flexibility index (Phi) is 7.42. The van der Waals surface area contributed by atoms with E-state index in [0.29, 0.717) is 11.3 Å². The van der Waals surface area contributed by atoms with Gasteiger partial charge in [-0.2, -0.15) is 0 Å². The van der Waals surface area contributed by atoms with E-state index in [1.54, 1.807) is 12.1 Å². The first-order valence-electron chi connectivity index (χ1n) is 9.81. The fourth-order valence-corrected chi connectivity index (χ4v) is 2.89. The number of nitro groups is 1. The number of ether oxygens (including phenoxy) is 1. The zero-order chi connectivity index (χ0) is 22.9. The first-order chi connectivity index (χ1) is 15.4. The molecule has 0 aromatic heterocycles. The second-order valence-electron chi connectivity index (χ2n) is 6.88. The molecule has 1 amide bonds. The monoisotopic (exact) mass is 432 g/mol. The third-order valence-electron chi connectivity index (χ3n) is 4.60. The van der Waals surface area contributed by atoms with Gasteiger partial charge in [0, 0.05) is 29.8 Å². The molecule has 8 heteroatoms. The first kappa shape index (κ1) is 22.4. The van der Waals surface area contributed by atoms with Gasteiger partial charge in [-0.05, 0) is 23.3 Å². The van der Waals surface area contributed by atoms with E-state index < -0.39 is 23.4 Å². The summed E-state index contributed by atoms with van der Waals surface area (Å²) < 4.78 is 4.97. The lowest BCUT2D eigenvalue weighted by atomic mass is 10.0. The standard InChI is InChI=1S/C24H20N2O6/c27-22(19-8-6-18(7-9-19)17-4-2-1-3-5-17)16-32-24(29)15-14-23(28)25-20-10-12-21(13-11-20)26(30)31/h1-13H,14-16H2,(H,25,28). The molecule has 0 bridgehead atoms. The van der Waals surface area contributed by atoms with Crippen LogP contribution in [0.2, 0.25) is 0 Å². The number of ketones is 1. The van der Waals surface area contributed by atoms with Crippen LogP contribution in [0.5, 0.6) is 0 Å². The molecular weight excluding hydrogens is 412 g/mol. The van der Waals surface area contributed by atoms with E-state index in [1.807, 2.05) is 42.5 Å². The molecule has 0 fully saturated rings. The molecule has 1 N–H and O–H groups in total. The third kappa shape index (κ3) is 6.33. The zero-order valence-electron chi connectivity index (χ0n) is 17.0. The van der Waals surface area contributed by atoms with E-state index in [4.69, 9.17) is 4.74 Å². The lowest BCUT2D eigenvalue weighted by molar-refractivity contribution is -0.384. The highest BCUT2D eigenvalue weighted by Gasteiger charge is 2.13. The van der Waals surface area contributed by atoms with Gasteiger partial charge in [-0.15, -0.1) is 0 Å². The topological polar surface area (TPSA) is 116 Å². The quantitative estimate of drug-likeness (QED) is 0.232. The van der Waals surface area contributed by atoms with Gasteiger partial charge in [-0.25, -0.2) is 0 Å². The van der Waals surface area contributed by atoms with Crippen LogP contribution in [0.1, 0.15) is 23.2 Å². The highest BCUT2D eigenvalue weighted by atomic mass is 16.6. The summed E-state index contributed by atoms with van der Waals surface area (Å²) in [6.07, 6.45) is -0.338. The van der Waals surface area contributed by atoms with Crippen molar-refractivity contribution in [3.05, 3.63) is 94.5 Å². The smallest absolute Gasteiger partial charge is 0.306 e. The maximum Gasteiger partial charge on any atom is 0.306 e. The van der Waals surface area contributed by atoms with Crippen molar-refractivity contribution in [1.29, 1.82) is 0 Å². The number of esters is 1. The fourth-order valence-electron chi connectivity index (χ4n) is 2.89. The van der Waals surface area contributed by atoms with Crippen LogP contribution in [-0.4, -0.2) is 29.2 Å². The van der Waals surface area contributed by atoms with Crippen molar-refractivity contribution in [3.63, 3.8) is 0 Å². The van der Waals surface area contributed by atoms with Crippen LogP contribution in [0.4, 0.5) is 11.4 Å². The van der Waals surface area contributed by atoms with Crippen LogP contribution >= 0.6 is 0 Å². The van der Waals surface area contributed by atoms with E-state index >= 15 is 0 Å². The zero-order valence-corrected chi connectivity index (χ0v) is 17.0. The Morgan fingerprint density at radius 3 is 2.06 bits per heavy atom. The number of anilines is 1. The van der Waals surface area contributed by atoms with Crippen molar-refractivity contribution in [1.82, 2.24) is 0 Å². The summed E-state index contributed by atoms with van der Waals surface area (Å²) in [5.74, 6) is -1.45. The second kappa shape index (κ2) is 10.6. The van der Waals surface area contributed by atoms with E-state index in [9.17, 15) is 24.5 Å². The molecule has 0 aliphatic rings. The predicted octanol–water partition coefficient (Wildman–Crippen LogP) is 4.41. The lowest BCUT2D eigenvalue weighted by Gasteiger charge is -2.07. The number of hydrogen-bond acceptors (Lipinski definition) is 6. The summed E-state index contributed by atoms with van der Waals surface area (Å²) in [6.45, 7) is -0.409. The van der Waals surface area contributed by atoms with Gasteiger partial charge in [-0.1, -0.05) is 54.6 Å². The average Bonchev–Trinajstić information content (AvgIpc) is 2.82. The van der Waals surface area contributed by atoms with Gasteiger partial charge >= 0.3 is 5.97 Å². The third-order valence-corrected chi connectivity index (χ3v) is 4.60. The normalized spacial score (nSPS) is 10.2. The molecular formula is C24H20N2O6. The summed E-state index contributed by atoms with van der Waals surface area (Å²) in [4.78, 5) is 46.1. The summed E-state index contributed by atoms with van der Waals surface area (Å²) in [5.41, 5.74) is 2.71. The molecule has 0 aliphatic heterocycles. The maximum atomic E-state index is 12.2. The lowest BCUT2D eigenvalue weighted by Crippen LogP contribution is -2.17. The number of hydrogen-bond donors (Lipinski definition) is 1. The van der Waals surface area contributed by atoms with E-state index in [2.05, 4.69) is 5.32 Å². The van der Waals surface area contributed by atoms with Crippen LogP contribution in [0.3, 0.4) is 0 Å². The molecule has 0 saturated heterocycles. The largest absolute Gasteiger partial charge is 0.457 e. The van der Waals surface area contributed by atoms with Gasteiger partial charge in [0.25, 0.3) is 5.69 Å². The minimum atomic E-state index is -0.668. The Morgan fingerprint density at radius 1 is 0.812 bits per heavy atom. The number of nitro benzene ring substituents is 1. The van der Waals surface area contributed by atoms with E-state index in [1.165, 1.54) is 24.3 Å². The summed E-state index contributed by atoms with van der Waals surface area (Å²) in [5, 5.41) is 13.2. The van der Waals surface area contributed by atoms with Crippen molar-refractivity contribution in [2.24, 2.45) is 0 Å². The number of nitrogens with zero attached hydrogens (tertiary/aromatic N) is 1. The fraction of sp³-hybridized carbons (Fsp3) is 0.125. The molecule has 0 saturated carbocycles. The van der Waals surface area contributed by atoms with E-state index in [-0.39, 0.29) is 24.3 Å². The van der Waals surface area contributed by atoms with Gasteiger partial charge < -0.3 is 10.1 Å². The van der Waals surface area contributed by atoms with Crippen molar-refractivity contribution in [2.45, 2.75) is 12.8 Å². The number of nitrogens with one attached hydrogen (secondary N) is 1. The molecule has 32 heavy (non-hydrogen) atoms. The van der Waals surface area contributed by atoms with Crippen LogP contribution < -0.4 is 5.32 Å². The van der Waals surface area contributed by atoms with E-state index in [0.717, 1.165) is 11.1 Å². The van der Waals surface area contributed by atoms with Crippen molar-refractivity contribution in [2.75, 3.05) is 11.9 Å². The molecule has 3 aromatic rings. The minimum Gasteiger partial charge on any atom is -0.457 e. The first-order valence-corrected chi connectivity index (χ1v) is 9.81. The van der Waals surface area contributed by atoms with Crippen LogP contribution in [0.15, 0.2) is 78.9 Å². The number of amides is 1. The minimum absolute atomic E-state index is 0.0917. The maximum absolute atomic E-state index is 12.2. The molecule has 0 unspecified atom stereocenters. The number of carbonyl (C=O) groups excluding carboxylic acids is 3. The number of carbonyl (C=O) groups is 3. The van der Waals surface area contributed by atoms with Gasteiger partial charge in [0.2, 0.25) is 5.91 Å². The average molecular weight is 432 g/mol. The number of rotatable bonds is 9. The Balaban J connectivity index is 1.41. The Morgan fingerprint density at radius 2 is 1.44 bits per heavy atom. The number of benzene rings is 3. The Labute approximate surface area is 184 Å². The Bertz CT molecular complexity index is 1110. The molecule has 3 rings (SSSR count). The van der Waals surface area contributed by atoms with Crippen molar-refractivity contribution in [3.8, 4) is 11.1 Å². The van der Waals surface area contributed by atoms with Gasteiger partial charge in [0.1, 0.15) is 0 Å². The number of Topliss-reactive ketones (excluding diaryl/α,β-unsaturated/α-hetero) is 1. The summed E-state index contributed by atoms with van der Waals surface area (Å²) in [6, 6.07) is 22.1. The molecule has 3 aromatic carbocycles. The van der Waals surface area contributed by atoms with Crippen molar-refractivity contribution >= 4 is 29.0 Å². The van der Waals surface area contributed by atoms with Crippen LogP contribution in [0.25, 0.3) is 11.1 Å². The predicted molar refractivity (Wildman–Crippen MR) is 118 cm³/mol. The molecule has 0 aliphatic carbocycles. The second-order valence-corrected chi connectivity index (χ2v) is 6.88. The van der Waals surface area contributed by atoms with Crippen LogP contribution in [0, 0.1) is 10.1 Å². The molecule has 0 atom stereocenters. The highest BCUT2D eigenvalue weighted by Crippen LogP contribution is 2.19. The van der Waals surface area contributed by atoms with Gasteiger partial charge in [0.15, 0.2) is 12.4 Å².